The Balaban J connectivity index is 1.88. The average molecular weight is 346 g/mol. The highest BCUT2D eigenvalue weighted by molar-refractivity contribution is 9.10. The first-order valence-electron chi connectivity index (χ1n) is 5.38. The molecule has 0 bridgehead atoms. The predicted molar refractivity (Wildman–Crippen MR) is 74.6 cm³/mol. The van der Waals surface area contributed by atoms with E-state index in [1.807, 2.05) is 12.1 Å². The van der Waals surface area contributed by atoms with Gasteiger partial charge in [-0.2, -0.15) is 0 Å². The van der Waals surface area contributed by atoms with Crippen molar-refractivity contribution in [2.24, 2.45) is 0 Å². The maximum atomic E-state index is 10.6. The summed E-state index contributed by atoms with van der Waals surface area (Å²) in [7, 11) is 0. The van der Waals surface area contributed by atoms with Crippen LogP contribution in [0.15, 0.2) is 28.9 Å². The third kappa shape index (κ3) is 3.68. The Morgan fingerprint density at radius 2 is 2.32 bits per heavy atom. The SMILES string of the molecule is O=C(O)c1cn(CCNc2ccc(Cl)c(Br)c2)nn1. The zero-order chi connectivity index (χ0) is 13.8. The van der Waals surface area contributed by atoms with Gasteiger partial charge in [-0.1, -0.05) is 16.8 Å². The number of aromatic carboxylic acids is 1. The molecular weight excluding hydrogens is 336 g/mol. The van der Waals surface area contributed by atoms with Gasteiger partial charge in [-0.3, -0.25) is 0 Å². The summed E-state index contributed by atoms with van der Waals surface area (Å²) in [6.07, 6.45) is 1.39. The average Bonchev–Trinajstić information content (AvgIpc) is 2.83. The summed E-state index contributed by atoms with van der Waals surface area (Å²) in [6.45, 7) is 1.11. The lowest BCUT2D eigenvalue weighted by atomic mass is 10.3. The maximum Gasteiger partial charge on any atom is 0.358 e. The van der Waals surface area contributed by atoms with Gasteiger partial charge in [0.05, 0.1) is 17.8 Å². The first-order valence-corrected chi connectivity index (χ1v) is 6.55. The summed E-state index contributed by atoms with van der Waals surface area (Å²) in [4.78, 5) is 10.6. The van der Waals surface area contributed by atoms with Crippen LogP contribution in [0.2, 0.25) is 5.02 Å². The molecule has 0 atom stereocenters. The molecule has 19 heavy (non-hydrogen) atoms. The second-order valence-corrected chi connectivity index (χ2v) is 4.99. The minimum atomic E-state index is -1.08. The normalized spacial score (nSPS) is 10.4. The van der Waals surface area contributed by atoms with Crippen molar-refractivity contribution in [2.45, 2.75) is 6.54 Å². The van der Waals surface area contributed by atoms with Gasteiger partial charge in [-0.05, 0) is 34.1 Å². The van der Waals surface area contributed by atoms with Crippen molar-refractivity contribution < 1.29 is 9.90 Å². The monoisotopic (exact) mass is 344 g/mol. The van der Waals surface area contributed by atoms with Crippen molar-refractivity contribution >= 4 is 39.2 Å². The molecule has 1 aromatic heterocycles. The van der Waals surface area contributed by atoms with Crippen LogP contribution in [-0.4, -0.2) is 32.6 Å². The molecule has 0 aliphatic rings. The Kier molecular flexibility index (Phi) is 4.39. The van der Waals surface area contributed by atoms with E-state index in [-0.39, 0.29) is 5.69 Å². The minimum Gasteiger partial charge on any atom is -0.476 e. The van der Waals surface area contributed by atoms with E-state index in [4.69, 9.17) is 16.7 Å². The fourth-order valence-electron chi connectivity index (χ4n) is 1.43. The van der Waals surface area contributed by atoms with Crippen LogP contribution in [0.25, 0.3) is 0 Å². The summed E-state index contributed by atoms with van der Waals surface area (Å²) in [6, 6.07) is 5.51. The third-order valence-corrected chi connectivity index (χ3v) is 3.56. The lowest BCUT2D eigenvalue weighted by Gasteiger charge is -2.07. The van der Waals surface area contributed by atoms with Crippen molar-refractivity contribution in [1.29, 1.82) is 0 Å². The summed E-state index contributed by atoms with van der Waals surface area (Å²) in [5, 5.41) is 19.8. The molecule has 100 valence electrons. The zero-order valence-corrected chi connectivity index (χ0v) is 12.0. The molecule has 0 saturated carbocycles. The number of benzene rings is 1. The van der Waals surface area contributed by atoms with Gasteiger partial charge in [0, 0.05) is 16.7 Å². The van der Waals surface area contributed by atoms with Crippen LogP contribution in [0.3, 0.4) is 0 Å². The molecule has 0 spiro atoms. The van der Waals surface area contributed by atoms with E-state index in [9.17, 15) is 4.79 Å². The van der Waals surface area contributed by atoms with Gasteiger partial charge in [0.1, 0.15) is 0 Å². The number of nitrogens with zero attached hydrogens (tertiary/aromatic N) is 3. The van der Waals surface area contributed by atoms with Gasteiger partial charge in [-0.15, -0.1) is 5.10 Å². The lowest BCUT2D eigenvalue weighted by Crippen LogP contribution is -2.11. The largest absolute Gasteiger partial charge is 0.476 e. The fourth-order valence-corrected chi connectivity index (χ4v) is 1.92. The van der Waals surface area contributed by atoms with Gasteiger partial charge in [-0.25, -0.2) is 9.48 Å². The molecule has 6 nitrogen and oxygen atoms in total. The topological polar surface area (TPSA) is 80.0 Å². The highest BCUT2D eigenvalue weighted by Crippen LogP contribution is 2.25. The standard InChI is InChI=1S/C11H10BrClN4O2/c12-8-5-7(1-2-9(8)13)14-3-4-17-6-10(11(18)19)15-16-17/h1-2,5-6,14H,3-4H2,(H,18,19). The predicted octanol–water partition coefficient (Wildman–Crippen LogP) is 2.50. The third-order valence-electron chi connectivity index (χ3n) is 2.35. The Labute approximate surface area is 122 Å². The summed E-state index contributed by atoms with van der Waals surface area (Å²) < 4.78 is 2.29. The van der Waals surface area contributed by atoms with E-state index < -0.39 is 5.97 Å². The van der Waals surface area contributed by atoms with Gasteiger partial charge < -0.3 is 10.4 Å². The van der Waals surface area contributed by atoms with Crippen LogP contribution in [0.4, 0.5) is 5.69 Å². The number of halogens is 2. The molecule has 0 aliphatic heterocycles. The van der Waals surface area contributed by atoms with Gasteiger partial charge in [0.2, 0.25) is 0 Å². The van der Waals surface area contributed by atoms with Crippen LogP contribution in [0.5, 0.6) is 0 Å². The first kappa shape index (κ1) is 13.8. The van der Waals surface area contributed by atoms with Crippen LogP contribution < -0.4 is 5.32 Å². The lowest BCUT2D eigenvalue weighted by molar-refractivity contribution is 0.0690. The van der Waals surface area contributed by atoms with Crippen LogP contribution >= 0.6 is 27.5 Å². The molecule has 0 unspecified atom stereocenters. The summed E-state index contributed by atoms with van der Waals surface area (Å²) in [5.41, 5.74) is 0.851. The quantitative estimate of drug-likeness (QED) is 0.870. The second kappa shape index (κ2) is 6.03. The second-order valence-electron chi connectivity index (χ2n) is 3.73. The number of anilines is 1. The van der Waals surface area contributed by atoms with Crippen molar-refractivity contribution in [2.75, 3.05) is 11.9 Å². The molecule has 1 heterocycles. The Morgan fingerprint density at radius 3 is 2.95 bits per heavy atom. The molecular formula is C11H10BrClN4O2. The van der Waals surface area contributed by atoms with Crippen LogP contribution in [-0.2, 0) is 6.54 Å². The molecule has 0 amide bonds. The molecule has 2 rings (SSSR count). The molecule has 0 aliphatic carbocycles. The molecule has 0 fully saturated rings. The molecule has 2 N–H and O–H groups in total. The van der Waals surface area contributed by atoms with E-state index in [2.05, 4.69) is 31.6 Å². The Hall–Kier alpha value is -1.60. The van der Waals surface area contributed by atoms with Crippen molar-refractivity contribution in [3.63, 3.8) is 0 Å². The Bertz CT molecular complexity index is 602. The minimum absolute atomic E-state index is 0.0609. The van der Waals surface area contributed by atoms with Crippen molar-refractivity contribution in [1.82, 2.24) is 15.0 Å². The fraction of sp³-hybridized carbons (Fsp3) is 0.182. The number of nitrogens with one attached hydrogen (secondary N) is 1. The van der Waals surface area contributed by atoms with Gasteiger partial charge in [0.15, 0.2) is 5.69 Å². The highest BCUT2D eigenvalue weighted by atomic mass is 79.9. The number of carbonyl (C=O) groups is 1. The smallest absolute Gasteiger partial charge is 0.358 e. The maximum absolute atomic E-state index is 10.6. The molecule has 2 aromatic rings. The number of hydrogen-bond acceptors (Lipinski definition) is 4. The number of hydrogen-bond donors (Lipinski definition) is 2. The summed E-state index contributed by atoms with van der Waals surface area (Å²) in [5.74, 6) is -1.08. The molecule has 0 radical (unpaired) electrons. The van der Waals surface area contributed by atoms with E-state index in [0.29, 0.717) is 18.1 Å². The van der Waals surface area contributed by atoms with Gasteiger partial charge in [0.25, 0.3) is 0 Å². The number of rotatable bonds is 5. The van der Waals surface area contributed by atoms with Crippen molar-refractivity contribution in [3.05, 3.63) is 39.6 Å². The number of carboxylic acid groups (broad SMARTS) is 1. The van der Waals surface area contributed by atoms with Crippen LogP contribution in [0.1, 0.15) is 10.5 Å². The van der Waals surface area contributed by atoms with Gasteiger partial charge >= 0.3 is 5.97 Å². The first-order chi connectivity index (χ1) is 9.06. The Morgan fingerprint density at radius 1 is 1.53 bits per heavy atom. The van der Waals surface area contributed by atoms with E-state index in [1.54, 1.807) is 6.07 Å². The molecule has 1 aromatic carbocycles. The van der Waals surface area contributed by atoms with Crippen molar-refractivity contribution in [3.8, 4) is 0 Å². The molecule has 0 saturated heterocycles. The molecule has 8 heteroatoms. The summed E-state index contributed by atoms with van der Waals surface area (Å²) >= 11 is 9.23. The number of carboxylic acids is 1. The van der Waals surface area contributed by atoms with E-state index in [1.165, 1.54) is 10.9 Å². The zero-order valence-electron chi connectivity index (χ0n) is 9.68. The number of aromatic nitrogens is 3. The highest BCUT2D eigenvalue weighted by Gasteiger charge is 2.07. The van der Waals surface area contributed by atoms with E-state index in [0.717, 1.165) is 10.2 Å². The van der Waals surface area contributed by atoms with Crippen LogP contribution in [0, 0.1) is 0 Å². The van der Waals surface area contributed by atoms with E-state index >= 15 is 0 Å².